The number of benzene rings is 1. The predicted molar refractivity (Wildman–Crippen MR) is 116 cm³/mol. The van der Waals surface area contributed by atoms with Crippen LogP contribution >= 0.6 is 15.9 Å². The second kappa shape index (κ2) is 7.82. The minimum absolute atomic E-state index is 0.0155. The Balaban J connectivity index is 1.63. The summed E-state index contributed by atoms with van der Waals surface area (Å²) < 4.78 is 17.1. The van der Waals surface area contributed by atoms with Crippen LogP contribution in [0.15, 0.2) is 46.2 Å². The van der Waals surface area contributed by atoms with Gasteiger partial charge < -0.3 is 14.0 Å². The van der Waals surface area contributed by atoms with Crippen LogP contribution in [0.4, 0.5) is 5.82 Å². The van der Waals surface area contributed by atoms with Gasteiger partial charge in [0.05, 0.1) is 24.1 Å². The fourth-order valence-corrected chi connectivity index (χ4v) is 5.44. The van der Waals surface area contributed by atoms with E-state index >= 15 is 0 Å². The van der Waals surface area contributed by atoms with Crippen molar-refractivity contribution in [2.75, 3.05) is 11.5 Å². The van der Waals surface area contributed by atoms with E-state index in [-0.39, 0.29) is 34.3 Å². The first-order chi connectivity index (χ1) is 15.0. The lowest BCUT2D eigenvalue weighted by molar-refractivity contribution is -0.131. The molecule has 2 aromatic rings. The van der Waals surface area contributed by atoms with Gasteiger partial charge in [-0.1, -0.05) is 33.2 Å². The summed E-state index contributed by atoms with van der Waals surface area (Å²) in [7, 11) is 0. The van der Waals surface area contributed by atoms with Gasteiger partial charge in [0.1, 0.15) is 17.6 Å². The average Bonchev–Trinajstić information content (AvgIpc) is 3.30. The molecule has 0 spiro atoms. The molecule has 1 amide bonds. The maximum absolute atomic E-state index is 13.7. The quantitative estimate of drug-likeness (QED) is 0.600. The van der Waals surface area contributed by atoms with Crippen LogP contribution in [0.1, 0.15) is 43.6 Å². The molecular formula is C23H23BrN2O5. The Bertz CT molecular complexity index is 1080. The van der Waals surface area contributed by atoms with Crippen LogP contribution < -0.4 is 9.64 Å². The van der Waals surface area contributed by atoms with E-state index in [4.69, 9.17) is 14.0 Å². The number of Topliss-reactive ketones (excluding diaryl/α,β-unsaturated/α-hetero) is 1. The number of hydrogen-bond acceptors (Lipinski definition) is 6. The molecule has 1 aliphatic carbocycles. The highest BCUT2D eigenvalue weighted by molar-refractivity contribution is 9.09. The smallest absolute Gasteiger partial charge is 0.295 e. The molecule has 0 bridgehead atoms. The molecule has 0 N–H and O–H groups in total. The fourth-order valence-electron chi connectivity index (χ4n) is 4.78. The summed E-state index contributed by atoms with van der Waals surface area (Å²) in [5.74, 6) is 1.13. The summed E-state index contributed by atoms with van der Waals surface area (Å²) in [6, 6.07) is 8.53. The number of alkyl halides is 1. The number of fused-ring (bicyclic) bond motifs is 1. The number of amides is 1. The number of nitrogens with zero attached hydrogens (tertiary/aromatic N) is 2. The number of aromatic nitrogens is 1. The van der Waals surface area contributed by atoms with Gasteiger partial charge in [-0.3, -0.25) is 14.5 Å². The van der Waals surface area contributed by atoms with E-state index in [1.54, 1.807) is 13.0 Å². The second-order valence-corrected chi connectivity index (χ2v) is 9.45. The summed E-state index contributed by atoms with van der Waals surface area (Å²) in [5, 5.41) is 4.07. The molecule has 8 heteroatoms. The van der Waals surface area contributed by atoms with Crippen molar-refractivity contribution in [3.8, 4) is 5.75 Å². The molecule has 4 atom stereocenters. The lowest BCUT2D eigenvalue weighted by Crippen LogP contribution is -2.41. The lowest BCUT2D eigenvalue weighted by atomic mass is 9.77. The lowest BCUT2D eigenvalue weighted by Gasteiger charge is -2.37. The topological polar surface area (TPSA) is 81.9 Å². The Morgan fingerprint density at radius 1 is 1.26 bits per heavy atom. The highest BCUT2D eigenvalue weighted by atomic mass is 79.9. The van der Waals surface area contributed by atoms with Gasteiger partial charge in [0.25, 0.3) is 5.91 Å². The molecule has 31 heavy (non-hydrogen) atoms. The van der Waals surface area contributed by atoms with Crippen molar-refractivity contribution in [2.45, 2.75) is 50.1 Å². The van der Waals surface area contributed by atoms with Crippen molar-refractivity contribution < 1.29 is 23.6 Å². The van der Waals surface area contributed by atoms with Crippen molar-refractivity contribution in [2.24, 2.45) is 5.92 Å². The van der Waals surface area contributed by atoms with E-state index in [2.05, 4.69) is 21.1 Å². The highest BCUT2D eigenvalue weighted by Crippen LogP contribution is 2.49. The Morgan fingerprint density at radius 2 is 2.10 bits per heavy atom. The first-order valence-electron chi connectivity index (χ1n) is 10.6. The molecule has 2 aliphatic heterocycles. The van der Waals surface area contributed by atoms with Crippen molar-refractivity contribution in [3.63, 3.8) is 0 Å². The van der Waals surface area contributed by atoms with Gasteiger partial charge >= 0.3 is 0 Å². The monoisotopic (exact) mass is 486 g/mol. The van der Waals surface area contributed by atoms with Gasteiger partial charge in [-0.15, -0.1) is 0 Å². The number of halogens is 1. The van der Waals surface area contributed by atoms with Gasteiger partial charge in [-0.25, -0.2) is 0 Å². The minimum Gasteiger partial charge on any atom is -0.494 e. The predicted octanol–water partition coefficient (Wildman–Crippen LogP) is 4.26. The summed E-state index contributed by atoms with van der Waals surface area (Å²) in [4.78, 5) is 29.0. The Morgan fingerprint density at radius 3 is 2.84 bits per heavy atom. The first kappa shape index (κ1) is 20.3. The number of anilines is 1. The van der Waals surface area contributed by atoms with Crippen LogP contribution in [0.2, 0.25) is 0 Å². The number of aryl methyl sites for hydroxylation is 1. The molecule has 1 fully saturated rings. The number of carbonyl (C=O) groups excluding carboxylic acids is 2. The molecule has 4 unspecified atom stereocenters. The number of carbonyl (C=O) groups is 2. The van der Waals surface area contributed by atoms with Crippen LogP contribution in [0.5, 0.6) is 5.75 Å². The standard InChI is InChI=1S/C23H23BrN2O5/c1-3-29-15-6-4-5-13(10-15)20-19-21(27)16-11-14(24)7-8-17(16)30-22(19)23(28)26(20)18-9-12(2)31-25-18/h4-6,9-10,14,16-17,20H,3,7-8,11H2,1-2H3. The van der Waals surface area contributed by atoms with E-state index in [1.165, 1.54) is 4.90 Å². The number of ketones is 1. The zero-order valence-corrected chi connectivity index (χ0v) is 18.9. The Hall–Kier alpha value is -2.61. The van der Waals surface area contributed by atoms with Gasteiger partial charge in [0.15, 0.2) is 17.4 Å². The average molecular weight is 487 g/mol. The molecule has 3 heterocycles. The van der Waals surface area contributed by atoms with Gasteiger partial charge in [0.2, 0.25) is 0 Å². The molecule has 3 aliphatic rings. The SMILES string of the molecule is CCOc1cccc(C2C3=C(OC4CCC(Br)CC4C3=O)C(=O)N2c2cc(C)on2)c1. The minimum atomic E-state index is -0.642. The Kier molecular flexibility index (Phi) is 5.12. The van der Waals surface area contributed by atoms with E-state index < -0.39 is 6.04 Å². The van der Waals surface area contributed by atoms with Gasteiger partial charge in [-0.05, 0) is 50.8 Å². The molecule has 1 aromatic heterocycles. The zero-order chi connectivity index (χ0) is 21.7. The third-order valence-electron chi connectivity index (χ3n) is 6.13. The number of hydrogen-bond donors (Lipinski definition) is 0. The molecule has 0 radical (unpaired) electrons. The van der Waals surface area contributed by atoms with Crippen molar-refractivity contribution >= 4 is 33.4 Å². The second-order valence-electron chi connectivity index (χ2n) is 8.16. The van der Waals surface area contributed by atoms with Crippen LogP contribution in [-0.2, 0) is 14.3 Å². The van der Waals surface area contributed by atoms with E-state index in [0.29, 0.717) is 35.9 Å². The number of ether oxygens (including phenoxy) is 2. The molecule has 5 rings (SSSR count). The Labute approximate surface area is 188 Å². The van der Waals surface area contributed by atoms with E-state index in [9.17, 15) is 9.59 Å². The third-order valence-corrected chi connectivity index (χ3v) is 6.96. The summed E-state index contributed by atoms with van der Waals surface area (Å²) in [6.07, 6.45) is 2.09. The van der Waals surface area contributed by atoms with E-state index in [0.717, 1.165) is 18.4 Å². The van der Waals surface area contributed by atoms with Crippen molar-refractivity contribution in [1.29, 1.82) is 0 Å². The molecule has 1 aromatic carbocycles. The van der Waals surface area contributed by atoms with E-state index in [1.807, 2.05) is 31.2 Å². The van der Waals surface area contributed by atoms with Crippen LogP contribution in [0.3, 0.4) is 0 Å². The molecule has 162 valence electrons. The number of rotatable bonds is 4. The first-order valence-corrected chi connectivity index (χ1v) is 11.5. The maximum Gasteiger partial charge on any atom is 0.295 e. The largest absolute Gasteiger partial charge is 0.494 e. The third kappa shape index (κ3) is 3.37. The van der Waals surface area contributed by atoms with Crippen LogP contribution in [0.25, 0.3) is 0 Å². The molecule has 1 saturated carbocycles. The highest BCUT2D eigenvalue weighted by Gasteiger charge is 2.53. The summed E-state index contributed by atoms with van der Waals surface area (Å²) >= 11 is 3.66. The van der Waals surface area contributed by atoms with Gasteiger partial charge in [0, 0.05) is 10.9 Å². The molecule has 0 saturated heterocycles. The molecule has 7 nitrogen and oxygen atoms in total. The zero-order valence-electron chi connectivity index (χ0n) is 17.3. The van der Waals surface area contributed by atoms with Gasteiger partial charge in [-0.2, -0.15) is 0 Å². The van der Waals surface area contributed by atoms with Crippen LogP contribution in [0, 0.1) is 12.8 Å². The normalized spacial score (nSPS) is 27.8. The molecular weight excluding hydrogens is 464 g/mol. The maximum atomic E-state index is 13.7. The van der Waals surface area contributed by atoms with Crippen molar-refractivity contribution in [3.05, 3.63) is 53.0 Å². The summed E-state index contributed by atoms with van der Waals surface area (Å²) in [5.41, 5.74) is 1.17. The van der Waals surface area contributed by atoms with Crippen LogP contribution in [-0.4, -0.2) is 34.4 Å². The fraction of sp³-hybridized carbons (Fsp3) is 0.435. The van der Waals surface area contributed by atoms with Crippen molar-refractivity contribution in [1.82, 2.24) is 5.16 Å². The summed E-state index contributed by atoms with van der Waals surface area (Å²) in [6.45, 7) is 4.20.